The molecule has 2 rings (SSSR count). The van der Waals surface area contributed by atoms with Crippen molar-refractivity contribution in [2.75, 3.05) is 7.11 Å². The molecule has 0 fully saturated rings. The van der Waals surface area contributed by atoms with Crippen LogP contribution in [0.5, 0.6) is 5.75 Å². The van der Waals surface area contributed by atoms with Crippen LogP contribution in [0.3, 0.4) is 0 Å². The Labute approximate surface area is 131 Å². The van der Waals surface area contributed by atoms with Gasteiger partial charge in [0.05, 0.1) is 12.8 Å². The van der Waals surface area contributed by atoms with Gasteiger partial charge in [0.15, 0.2) is 0 Å². The normalized spacial score (nSPS) is 9.61. The van der Waals surface area contributed by atoms with Gasteiger partial charge >= 0.3 is 0 Å². The molecule has 0 aliphatic rings. The summed E-state index contributed by atoms with van der Waals surface area (Å²) in [6, 6.07) is 7.49. The number of ether oxygens (including phenoxy) is 1. The largest absolute Gasteiger partial charge is 0.550 e. The van der Waals surface area contributed by atoms with E-state index in [-0.39, 0.29) is 36.0 Å². The zero-order valence-electron chi connectivity index (χ0n) is 10.2. The Morgan fingerprint density at radius 1 is 1.50 bits per heavy atom. The first kappa shape index (κ1) is 15.2. The molecule has 0 aliphatic heterocycles. The van der Waals surface area contributed by atoms with Crippen molar-refractivity contribution in [1.29, 1.82) is 0 Å². The molecule has 1 aromatic heterocycles. The summed E-state index contributed by atoms with van der Waals surface area (Å²) < 4.78 is 5.12. The van der Waals surface area contributed by atoms with Gasteiger partial charge in [-0.15, -0.1) is 11.3 Å². The van der Waals surface area contributed by atoms with Crippen LogP contribution in [0, 0.1) is 0 Å². The molecule has 0 N–H and O–H groups in total. The van der Waals surface area contributed by atoms with Gasteiger partial charge in [-0.2, -0.15) is 0 Å². The van der Waals surface area contributed by atoms with E-state index in [1.807, 2.05) is 24.3 Å². The molecule has 1 radical (unpaired) electrons. The molecule has 4 nitrogen and oxygen atoms in total. The first-order valence-electron chi connectivity index (χ1n) is 4.97. The summed E-state index contributed by atoms with van der Waals surface area (Å²) in [4.78, 5) is 14.7. The van der Waals surface area contributed by atoms with Gasteiger partial charge in [0.2, 0.25) is 0 Å². The van der Waals surface area contributed by atoms with Crippen molar-refractivity contribution in [3.05, 3.63) is 35.3 Å². The van der Waals surface area contributed by atoms with E-state index in [4.69, 9.17) is 4.74 Å². The number of hydrogen-bond acceptors (Lipinski definition) is 5. The Morgan fingerprint density at radius 3 is 2.94 bits per heavy atom. The molecule has 18 heavy (non-hydrogen) atoms. The maximum absolute atomic E-state index is 10.4. The second-order valence-electron chi connectivity index (χ2n) is 3.42. The molecule has 0 bridgehead atoms. The number of hydrogen-bond donors (Lipinski definition) is 0. The second kappa shape index (κ2) is 6.89. The standard InChI is InChI=1S/C12H11NO3S.Na/c1-16-10-4-2-3-8(5-10)12-13-9(7-17-12)6-11(14)15;/h2-5,7H,6H2,1H3,(H,14,15);/p-1. The summed E-state index contributed by atoms with van der Waals surface area (Å²) in [7, 11) is 1.60. The minimum absolute atomic E-state index is 0. The number of benzene rings is 1. The summed E-state index contributed by atoms with van der Waals surface area (Å²) in [5.41, 5.74) is 1.44. The number of methoxy groups -OCH3 is 1. The zero-order chi connectivity index (χ0) is 12.3. The quantitative estimate of drug-likeness (QED) is 0.769. The first-order chi connectivity index (χ1) is 8.19. The van der Waals surface area contributed by atoms with E-state index < -0.39 is 5.97 Å². The Balaban J connectivity index is 0.00000162. The number of carboxylic acid groups (broad SMARTS) is 1. The van der Waals surface area contributed by atoms with Crippen LogP contribution in [0.4, 0.5) is 0 Å². The maximum atomic E-state index is 10.4. The van der Waals surface area contributed by atoms with Crippen molar-refractivity contribution in [3.63, 3.8) is 0 Å². The number of carbonyl (C=O) groups excluding carboxylic acids is 1. The van der Waals surface area contributed by atoms with E-state index in [0.29, 0.717) is 5.69 Å². The van der Waals surface area contributed by atoms with Crippen LogP contribution in [-0.4, -0.2) is 47.6 Å². The molecule has 89 valence electrons. The predicted octanol–water partition coefficient (Wildman–Crippen LogP) is 0.730. The van der Waals surface area contributed by atoms with Crippen LogP contribution in [0.15, 0.2) is 29.6 Å². The fourth-order valence-electron chi connectivity index (χ4n) is 1.42. The van der Waals surface area contributed by atoms with Gasteiger partial charge in [-0.05, 0) is 12.1 Å². The molecule has 0 saturated heterocycles. The summed E-state index contributed by atoms with van der Waals surface area (Å²) in [5.74, 6) is -0.369. The Bertz CT molecular complexity index is 542. The number of rotatable bonds is 4. The van der Waals surface area contributed by atoms with Crippen molar-refractivity contribution in [1.82, 2.24) is 4.98 Å². The summed E-state index contributed by atoms with van der Waals surface area (Å²) in [6.07, 6.45) is -0.152. The number of nitrogens with zero attached hydrogens (tertiary/aromatic N) is 1. The summed E-state index contributed by atoms with van der Waals surface area (Å²) >= 11 is 1.41. The third-order valence-electron chi connectivity index (χ3n) is 2.19. The predicted molar refractivity (Wildman–Crippen MR) is 68.6 cm³/mol. The van der Waals surface area contributed by atoms with Gasteiger partial charge in [-0.1, -0.05) is 12.1 Å². The SMILES string of the molecule is COc1cccc(-c2nc(CC(=O)[O-])cs2)c1.[Na]. The van der Waals surface area contributed by atoms with Gasteiger partial charge in [-0.3, -0.25) is 0 Å². The van der Waals surface area contributed by atoms with E-state index >= 15 is 0 Å². The van der Waals surface area contributed by atoms with Crippen molar-refractivity contribution in [2.24, 2.45) is 0 Å². The van der Waals surface area contributed by atoms with Gasteiger partial charge in [0.1, 0.15) is 10.8 Å². The molecule has 0 unspecified atom stereocenters. The van der Waals surface area contributed by atoms with Crippen molar-refractivity contribution < 1.29 is 14.6 Å². The van der Waals surface area contributed by atoms with Gasteiger partial charge in [0, 0.05) is 52.9 Å². The number of aromatic nitrogens is 1. The van der Waals surface area contributed by atoms with E-state index in [1.165, 1.54) is 11.3 Å². The van der Waals surface area contributed by atoms with Gasteiger partial charge in [0.25, 0.3) is 0 Å². The summed E-state index contributed by atoms with van der Waals surface area (Å²) in [5, 5.41) is 13.0. The van der Waals surface area contributed by atoms with Crippen molar-refractivity contribution in [3.8, 4) is 16.3 Å². The Morgan fingerprint density at radius 2 is 2.28 bits per heavy atom. The molecule has 0 aliphatic carbocycles. The minimum Gasteiger partial charge on any atom is -0.550 e. The van der Waals surface area contributed by atoms with Gasteiger partial charge < -0.3 is 14.6 Å². The number of thiazole rings is 1. The molecular formula is C12H10NNaO3S-. The third-order valence-corrected chi connectivity index (χ3v) is 3.13. The molecule has 1 aromatic carbocycles. The number of carbonyl (C=O) groups is 1. The van der Waals surface area contributed by atoms with Crippen LogP contribution in [0.25, 0.3) is 10.6 Å². The average molecular weight is 271 g/mol. The topological polar surface area (TPSA) is 62.2 Å². The van der Waals surface area contributed by atoms with Crippen LogP contribution in [-0.2, 0) is 11.2 Å². The van der Waals surface area contributed by atoms with E-state index in [9.17, 15) is 9.90 Å². The Kier molecular flexibility index (Phi) is 5.81. The smallest absolute Gasteiger partial charge is 0.123 e. The third kappa shape index (κ3) is 3.81. The second-order valence-corrected chi connectivity index (χ2v) is 4.28. The zero-order valence-corrected chi connectivity index (χ0v) is 13.0. The molecular weight excluding hydrogens is 261 g/mol. The molecule has 6 heteroatoms. The molecule has 0 atom stereocenters. The summed E-state index contributed by atoms with van der Waals surface area (Å²) in [6.45, 7) is 0. The van der Waals surface area contributed by atoms with E-state index in [1.54, 1.807) is 12.5 Å². The number of carboxylic acids is 1. The fraction of sp³-hybridized carbons (Fsp3) is 0.167. The van der Waals surface area contributed by atoms with E-state index in [2.05, 4.69) is 4.98 Å². The minimum atomic E-state index is -1.12. The molecule has 0 amide bonds. The maximum Gasteiger partial charge on any atom is 0.123 e. The molecule has 2 aromatic rings. The van der Waals surface area contributed by atoms with Crippen LogP contribution in [0.2, 0.25) is 0 Å². The average Bonchev–Trinajstić information content (AvgIpc) is 2.77. The van der Waals surface area contributed by atoms with Gasteiger partial charge in [-0.25, -0.2) is 4.98 Å². The van der Waals surface area contributed by atoms with Crippen molar-refractivity contribution in [2.45, 2.75) is 6.42 Å². The number of aliphatic carboxylic acids is 1. The monoisotopic (exact) mass is 271 g/mol. The molecule has 1 heterocycles. The van der Waals surface area contributed by atoms with E-state index in [0.717, 1.165) is 16.3 Å². The molecule has 0 saturated carbocycles. The van der Waals surface area contributed by atoms with Crippen LogP contribution < -0.4 is 9.84 Å². The van der Waals surface area contributed by atoms with Crippen LogP contribution in [0.1, 0.15) is 5.69 Å². The van der Waals surface area contributed by atoms with Crippen molar-refractivity contribution >= 4 is 46.9 Å². The molecule has 0 spiro atoms. The first-order valence-corrected chi connectivity index (χ1v) is 5.85. The van der Waals surface area contributed by atoms with Crippen LogP contribution >= 0.6 is 11.3 Å². The fourth-order valence-corrected chi connectivity index (χ4v) is 2.24. The Hall–Kier alpha value is -0.880.